The first-order valence-corrected chi connectivity index (χ1v) is 7.42. The van der Waals surface area contributed by atoms with E-state index in [0.29, 0.717) is 12.0 Å². The number of aromatic nitrogens is 1. The van der Waals surface area contributed by atoms with Crippen molar-refractivity contribution in [1.29, 1.82) is 0 Å². The number of pyridine rings is 1. The molecule has 1 heterocycles. The molecule has 0 aliphatic carbocycles. The Morgan fingerprint density at radius 1 is 1.27 bits per heavy atom. The van der Waals surface area contributed by atoms with E-state index in [1.807, 2.05) is 24.3 Å². The molecule has 0 saturated heterocycles. The minimum Gasteiger partial charge on any atom is -0.467 e. The number of hydrogen-bond acceptors (Lipinski definition) is 4. The Labute approximate surface area is 136 Å². The molecule has 1 aromatic carbocycles. The van der Waals surface area contributed by atoms with Gasteiger partial charge in [-0.05, 0) is 29.8 Å². The summed E-state index contributed by atoms with van der Waals surface area (Å²) in [6, 6.07) is 10.1. The van der Waals surface area contributed by atoms with Crippen LogP contribution in [0.5, 0.6) is 0 Å². The second-order valence-corrected chi connectivity index (χ2v) is 5.54. The minimum absolute atomic E-state index is 0.353. The number of halogens is 1. The average Bonchev–Trinajstić information content (AvgIpc) is 2.56. The van der Waals surface area contributed by atoms with Crippen molar-refractivity contribution in [2.24, 2.45) is 0 Å². The number of esters is 1. The maximum Gasteiger partial charge on any atom is 0.328 e. The fourth-order valence-corrected chi connectivity index (χ4v) is 2.19. The molecule has 0 aliphatic rings. The second-order valence-electron chi connectivity index (χ2n) is 4.62. The number of rotatable bonds is 5. The number of benzene rings is 1. The first-order valence-electron chi connectivity index (χ1n) is 6.63. The van der Waals surface area contributed by atoms with Crippen LogP contribution in [0.4, 0.5) is 0 Å². The highest BCUT2D eigenvalue weighted by Gasteiger charge is 2.22. The molecule has 1 N–H and O–H groups in total. The summed E-state index contributed by atoms with van der Waals surface area (Å²) in [5.41, 5.74) is 1.32. The molecule has 0 bridgehead atoms. The number of amides is 1. The highest BCUT2D eigenvalue weighted by Crippen LogP contribution is 2.12. The summed E-state index contributed by atoms with van der Waals surface area (Å²) in [5, 5.41) is 2.68. The third kappa shape index (κ3) is 4.39. The molecule has 22 heavy (non-hydrogen) atoms. The molecule has 1 amide bonds. The SMILES string of the molecule is COC(=O)[C@H](Cc1ccc(Br)cc1)NC(=O)c1cccnc1. The van der Waals surface area contributed by atoms with Gasteiger partial charge in [0.15, 0.2) is 0 Å². The zero-order chi connectivity index (χ0) is 15.9. The molecule has 2 aromatic rings. The van der Waals surface area contributed by atoms with E-state index in [9.17, 15) is 9.59 Å². The van der Waals surface area contributed by atoms with Crippen LogP contribution in [0.3, 0.4) is 0 Å². The third-order valence-electron chi connectivity index (χ3n) is 3.07. The highest BCUT2D eigenvalue weighted by molar-refractivity contribution is 9.10. The van der Waals surface area contributed by atoms with Gasteiger partial charge in [-0.25, -0.2) is 4.79 Å². The van der Waals surface area contributed by atoms with Gasteiger partial charge in [0, 0.05) is 23.3 Å². The van der Waals surface area contributed by atoms with E-state index in [4.69, 9.17) is 4.74 Å². The topological polar surface area (TPSA) is 68.3 Å². The van der Waals surface area contributed by atoms with E-state index in [0.717, 1.165) is 10.0 Å². The Bertz CT molecular complexity index is 644. The third-order valence-corrected chi connectivity index (χ3v) is 3.60. The molecule has 0 aliphatic heterocycles. The van der Waals surface area contributed by atoms with Crippen molar-refractivity contribution in [3.8, 4) is 0 Å². The molecule has 0 fully saturated rings. The fourth-order valence-electron chi connectivity index (χ4n) is 1.93. The zero-order valence-electron chi connectivity index (χ0n) is 12.0. The molecule has 2 rings (SSSR count). The van der Waals surface area contributed by atoms with Crippen LogP contribution in [0.2, 0.25) is 0 Å². The van der Waals surface area contributed by atoms with Crippen molar-refractivity contribution in [2.75, 3.05) is 7.11 Å². The highest BCUT2D eigenvalue weighted by atomic mass is 79.9. The Kier molecular flexibility index (Phi) is 5.66. The first kappa shape index (κ1) is 16.2. The van der Waals surface area contributed by atoms with Crippen molar-refractivity contribution in [3.05, 3.63) is 64.4 Å². The lowest BCUT2D eigenvalue weighted by Crippen LogP contribution is -2.43. The molecule has 6 heteroatoms. The largest absolute Gasteiger partial charge is 0.467 e. The van der Waals surface area contributed by atoms with Gasteiger partial charge in [0.1, 0.15) is 6.04 Å². The second kappa shape index (κ2) is 7.70. The number of hydrogen-bond donors (Lipinski definition) is 1. The molecule has 0 radical (unpaired) electrons. The van der Waals surface area contributed by atoms with Crippen LogP contribution >= 0.6 is 15.9 Å². The average molecular weight is 363 g/mol. The fraction of sp³-hybridized carbons (Fsp3) is 0.188. The maximum absolute atomic E-state index is 12.2. The van der Waals surface area contributed by atoms with Gasteiger partial charge >= 0.3 is 5.97 Å². The van der Waals surface area contributed by atoms with Gasteiger partial charge in [-0.1, -0.05) is 28.1 Å². The molecule has 0 saturated carbocycles. The number of carbonyl (C=O) groups excluding carboxylic acids is 2. The monoisotopic (exact) mass is 362 g/mol. The Morgan fingerprint density at radius 2 is 2.00 bits per heavy atom. The van der Waals surface area contributed by atoms with Crippen LogP contribution in [0.15, 0.2) is 53.3 Å². The van der Waals surface area contributed by atoms with Crippen LogP contribution in [0.1, 0.15) is 15.9 Å². The lowest BCUT2D eigenvalue weighted by Gasteiger charge is -2.16. The number of nitrogens with zero attached hydrogens (tertiary/aromatic N) is 1. The molecule has 0 unspecified atom stereocenters. The van der Waals surface area contributed by atoms with E-state index in [-0.39, 0.29) is 5.91 Å². The predicted octanol–water partition coefficient (Wildman–Crippen LogP) is 2.36. The summed E-state index contributed by atoms with van der Waals surface area (Å²) in [5.74, 6) is -0.847. The van der Waals surface area contributed by atoms with Crippen LogP contribution in [-0.4, -0.2) is 30.0 Å². The van der Waals surface area contributed by atoms with Gasteiger partial charge in [0.05, 0.1) is 12.7 Å². The summed E-state index contributed by atoms with van der Waals surface area (Å²) in [6.45, 7) is 0. The van der Waals surface area contributed by atoms with Gasteiger partial charge in [-0.2, -0.15) is 0 Å². The molecule has 114 valence electrons. The lowest BCUT2D eigenvalue weighted by atomic mass is 10.1. The van der Waals surface area contributed by atoms with E-state index >= 15 is 0 Å². The van der Waals surface area contributed by atoms with Crippen molar-refractivity contribution in [3.63, 3.8) is 0 Å². The normalized spacial score (nSPS) is 11.5. The summed E-state index contributed by atoms with van der Waals surface area (Å²) in [6.07, 6.45) is 3.38. The number of ether oxygens (including phenoxy) is 1. The molecular weight excluding hydrogens is 348 g/mol. The smallest absolute Gasteiger partial charge is 0.328 e. The number of carbonyl (C=O) groups is 2. The lowest BCUT2D eigenvalue weighted by molar-refractivity contribution is -0.142. The van der Waals surface area contributed by atoms with E-state index in [1.165, 1.54) is 13.3 Å². The molecule has 5 nitrogen and oxygen atoms in total. The molecular formula is C16H15BrN2O3. The number of methoxy groups -OCH3 is 1. The van der Waals surface area contributed by atoms with Crippen LogP contribution < -0.4 is 5.32 Å². The van der Waals surface area contributed by atoms with Gasteiger partial charge < -0.3 is 10.1 Å². The van der Waals surface area contributed by atoms with Gasteiger partial charge in [0.25, 0.3) is 5.91 Å². The van der Waals surface area contributed by atoms with Gasteiger partial charge in [0.2, 0.25) is 0 Å². The van der Waals surface area contributed by atoms with E-state index in [2.05, 4.69) is 26.2 Å². The quantitative estimate of drug-likeness (QED) is 0.829. The van der Waals surface area contributed by atoms with Crippen molar-refractivity contribution >= 4 is 27.8 Å². The van der Waals surface area contributed by atoms with Crippen LogP contribution in [0, 0.1) is 0 Å². The van der Waals surface area contributed by atoms with Crippen molar-refractivity contribution in [1.82, 2.24) is 10.3 Å². The van der Waals surface area contributed by atoms with Gasteiger partial charge in [-0.3, -0.25) is 9.78 Å². The Hall–Kier alpha value is -2.21. The van der Waals surface area contributed by atoms with Crippen LogP contribution in [-0.2, 0) is 16.0 Å². The van der Waals surface area contributed by atoms with Gasteiger partial charge in [-0.15, -0.1) is 0 Å². The van der Waals surface area contributed by atoms with E-state index in [1.54, 1.807) is 18.3 Å². The molecule has 0 spiro atoms. The van der Waals surface area contributed by atoms with Crippen LogP contribution in [0.25, 0.3) is 0 Å². The van der Waals surface area contributed by atoms with E-state index < -0.39 is 12.0 Å². The predicted molar refractivity (Wildman–Crippen MR) is 85.4 cm³/mol. The summed E-state index contributed by atoms with van der Waals surface area (Å²) >= 11 is 3.36. The molecule has 1 aromatic heterocycles. The summed E-state index contributed by atoms with van der Waals surface area (Å²) in [4.78, 5) is 27.9. The minimum atomic E-state index is -0.751. The summed E-state index contributed by atoms with van der Waals surface area (Å²) in [7, 11) is 1.30. The van der Waals surface area contributed by atoms with Crippen molar-refractivity contribution in [2.45, 2.75) is 12.5 Å². The maximum atomic E-state index is 12.2. The van der Waals surface area contributed by atoms with Crippen molar-refractivity contribution < 1.29 is 14.3 Å². The Balaban J connectivity index is 2.11. The number of nitrogens with one attached hydrogen (secondary N) is 1. The first-order chi connectivity index (χ1) is 10.6. The standard InChI is InChI=1S/C16H15BrN2O3/c1-22-16(21)14(9-11-4-6-13(17)7-5-11)19-15(20)12-3-2-8-18-10-12/h2-8,10,14H,9H2,1H3,(H,19,20)/t14-/m0/s1. The molecule has 1 atom stereocenters. The Morgan fingerprint density at radius 3 is 2.59 bits per heavy atom. The zero-order valence-corrected chi connectivity index (χ0v) is 13.5. The summed E-state index contributed by atoms with van der Waals surface area (Å²) < 4.78 is 5.72.